The van der Waals surface area contributed by atoms with E-state index in [1.807, 2.05) is 18.2 Å². The molecule has 1 aromatic carbocycles. The maximum Gasteiger partial charge on any atom is 0.148 e. The number of para-hydroxylation sites is 1. The topological polar surface area (TPSA) is 29.5 Å². The minimum Gasteiger partial charge on any atom is -0.496 e. The Kier molecular flexibility index (Phi) is 3.57. The fourth-order valence-corrected chi connectivity index (χ4v) is 2.07. The van der Waals surface area contributed by atoms with Gasteiger partial charge >= 0.3 is 0 Å². The number of hydrogen-bond acceptors (Lipinski definition) is 3. The van der Waals surface area contributed by atoms with Crippen LogP contribution in [0, 0.1) is 0 Å². The number of likely N-dealkylation sites (tertiary alicyclic amines) is 1. The molecular weight excluding hydrogens is 202 g/mol. The highest BCUT2D eigenvalue weighted by Gasteiger charge is 2.18. The number of nitrogens with zero attached hydrogens (tertiary/aromatic N) is 1. The first kappa shape index (κ1) is 11.1. The number of hydrogen-bond donors (Lipinski definition) is 0. The summed E-state index contributed by atoms with van der Waals surface area (Å²) in [5, 5.41) is 0. The highest BCUT2D eigenvalue weighted by Crippen LogP contribution is 2.18. The van der Waals surface area contributed by atoms with E-state index in [0.29, 0.717) is 18.7 Å². The first-order chi connectivity index (χ1) is 7.79. The number of Topliss-reactive ketones (excluding diaryl/α,β-unsaturated/α-hetero) is 1. The highest BCUT2D eigenvalue weighted by molar-refractivity contribution is 5.82. The molecule has 1 aromatic rings. The van der Waals surface area contributed by atoms with Gasteiger partial charge in [0, 0.05) is 19.5 Å². The van der Waals surface area contributed by atoms with Gasteiger partial charge in [-0.15, -0.1) is 0 Å². The zero-order valence-electron chi connectivity index (χ0n) is 9.61. The third kappa shape index (κ3) is 2.61. The van der Waals surface area contributed by atoms with Gasteiger partial charge in [-0.3, -0.25) is 9.69 Å². The third-order valence-corrected chi connectivity index (χ3v) is 3.00. The maximum absolute atomic E-state index is 11.1. The van der Waals surface area contributed by atoms with Gasteiger partial charge in [0.05, 0.1) is 13.7 Å². The number of ether oxygens (including phenoxy) is 1. The van der Waals surface area contributed by atoms with E-state index in [1.54, 1.807) is 7.11 Å². The Morgan fingerprint density at radius 1 is 1.38 bits per heavy atom. The van der Waals surface area contributed by atoms with E-state index in [9.17, 15) is 4.79 Å². The SMILES string of the molecule is COc1ccccc1CCN1CCC(=O)C1. The number of carbonyl (C=O) groups is 1. The second kappa shape index (κ2) is 5.12. The lowest BCUT2D eigenvalue weighted by atomic mass is 10.1. The zero-order chi connectivity index (χ0) is 11.4. The van der Waals surface area contributed by atoms with Crippen molar-refractivity contribution >= 4 is 5.78 Å². The van der Waals surface area contributed by atoms with Crippen molar-refractivity contribution in [3.05, 3.63) is 29.8 Å². The maximum atomic E-state index is 11.1. The molecule has 86 valence electrons. The quantitative estimate of drug-likeness (QED) is 0.769. The number of methoxy groups -OCH3 is 1. The van der Waals surface area contributed by atoms with Gasteiger partial charge in [0.15, 0.2) is 0 Å². The lowest BCUT2D eigenvalue weighted by Crippen LogP contribution is -2.23. The summed E-state index contributed by atoms with van der Waals surface area (Å²) in [5.41, 5.74) is 1.21. The van der Waals surface area contributed by atoms with Crippen LogP contribution in [0.3, 0.4) is 0 Å². The van der Waals surface area contributed by atoms with Crippen LogP contribution < -0.4 is 4.74 Å². The average Bonchev–Trinajstić information content (AvgIpc) is 2.73. The predicted molar refractivity (Wildman–Crippen MR) is 62.8 cm³/mol. The molecule has 1 aliphatic rings. The van der Waals surface area contributed by atoms with E-state index in [2.05, 4.69) is 11.0 Å². The van der Waals surface area contributed by atoms with Gasteiger partial charge in [-0.25, -0.2) is 0 Å². The van der Waals surface area contributed by atoms with Crippen LogP contribution in [0.25, 0.3) is 0 Å². The monoisotopic (exact) mass is 219 g/mol. The molecule has 1 saturated heterocycles. The van der Waals surface area contributed by atoms with Gasteiger partial charge in [-0.1, -0.05) is 18.2 Å². The molecule has 2 rings (SSSR count). The van der Waals surface area contributed by atoms with Crippen molar-refractivity contribution in [2.45, 2.75) is 12.8 Å². The molecule has 0 aromatic heterocycles. The lowest BCUT2D eigenvalue weighted by molar-refractivity contribution is -0.116. The molecule has 3 heteroatoms. The molecule has 1 fully saturated rings. The summed E-state index contributed by atoms with van der Waals surface area (Å²) in [4.78, 5) is 13.3. The van der Waals surface area contributed by atoms with Crippen LogP contribution in [-0.2, 0) is 11.2 Å². The Labute approximate surface area is 96.0 Å². The smallest absolute Gasteiger partial charge is 0.148 e. The van der Waals surface area contributed by atoms with E-state index in [4.69, 9.17) is 4.74 Å². The highest BCUT2D eigenvalue weighted by atomic mass is 16.5. The van der Waals surface area contributed by atoms with Crippen LogP contribution in [0.15, 0.2) is 24.3 Å². The van der Waals surface area contributed by atoms with Crippen LogP contribution in [0.4, 0.5) is 0 Å². The Balaban J connectivity index is 1.91. The van der Waals surface area contributed by atoms with E-state index < -0.39 is 0 Å². The molecule has 0 N–H and O–H groups in total. The second-order valence-corrected chi connectivity index (χ2v) is 4.13. The van der Waals surface area contributed by atoms with Crippen molar-refractivity contribution in [2.75, 3.05) is 26.7 Å². The Morgan fingerprint density at radius 3 is 2.88 bits per heavy atom. The summed E-state index contributed by atoms with van der Waals surface area (Å²) in [6.07, 6.45) is 1.66. The van der Waals surface area contributed by atoms with Gasteiger partial charge in [-0.05, 0) is 18.1 Å². The van der Waals surface area contributed by atoms with Crippen molar-refractivity contribution in [3.63, 3.8) is 0 Å². The summed E-state index contributed by atoms with van der Waals surface area (Å²) < 4.78 is 5.30. The van der Waals surface area contributed by atoms with E-state index in [-0.39, 0.29) is 0 Å². The molecule has 0 amide bonds. The fraction of sp³-hybridized carbons (Fsp3) is 0.462. The van der Waals surface area contributed by atoms with Crippen LogP contribution in [0.5, 0.6) is 5.75 Å². The summed E-state index contributed by atoms with van der Waals surface area (Å²) in [6, 6.07) is 8.05. The minimum absolute atomic E-state index is 0.361. The van der Waals surface area contributed by atoms with Crippen LogP contribution in [-0.4, -0.2) is 37.4 Å². The van der Waals surface area contributed by atoms with Gasteiger partial charge in [0.2, 0.25) is 0 Å². The predicted octanol–water partition coefficient (Wildman–Crippen LogP) is 1.51. The van der Waals surface area contributed by atoms with Crippen molar-refractivity contribution in [1.29, 1.82) is 0 Å². The van der Waals surface area contributed by atoms with E-state index >= 15 is 0 Å². The molecule has 0 unspecified atom stereocenters. The summed E-state index contributed by atoms with van der Waals surface area (Å²) in [5.74, 6) is 1.30. The first-order valence-corrected chi connectivity index (χ1v) is 5.65. The molecule has 3 nitrogen and oxygen atoms in total. The number of rotatable bonds is 4. The number of ketones is 1. The van der Waals surface area contributed by atoms with E-state index in [0.717, 1.165) is 25.3 Å². The molecule has 0 bridgehead atoms. The molecule has 0 saturated carbocycles. The van der Waals surface area contributed by atoms with Crippen LogP contribution in [0.1, 0.15) is 12.0 Å². The van der Waals surface area contributed by atoms with Crippen molar-refractivity contribution < 1.29 is 9.53 Å². The average molecular weight is 219 g/mol. The Morgan fingerprint density at radius 2 is 2.19 bits per heavy atom. The Hall–Kier alpha value is -1.35. The summed E-state index contributed by atoms with van der Waals surface area (Å²) in [6.45, 7) is 2.47. The third-order valence-electron chi connectivity index (χ3n) is 3.00. The van der Waals surface area contributed by atoms with Crippen LogP contribution >= 0.6 is 0 Å². The molecule has 0 atom stereocenters. The molecule has 0 radical (unpaired) electrons. The lowest BCUT2D eigenvalue weighted by Gasteiger charge is -2.14. The van der Waals surface area contributed by atoms with Gasteiger partial charge in [0.25, 0.3) is 0 Å². The fourth-order valence-electron chi connectivity index (χ4n) is 2.07. The van der Waals surface area contributed by atoms with Crippen molar-refractivity contribution in [1.82, 2.24) is 4.90 Å². The minimum atomic E-state index is 0.361. The first-order valence-electron chi connectivity index (χ1n) is 5.65. The van der Waals surface area contributed by atoms with Gasteiger partial charge < -0.3 is 4.74 Å². The summed E-state index contributed by atoms with van der Waals surface area (Å²) >= 11 is 0. The van der Waals surface area contributed by atoms with Gasteiger partial charge in [-0.2, -0.15) is 0 Å². The molecule has 16 heavy (non-hydrogen) atoms. The number of benzene rings is 1. The van der Waals surface area contributed by atoms with Crippen LogP contribution in [0.2, 0.25) is 0 Å². The molecule has 1 aliphatic heterocycles. The molecular formula is C13H17NO2. The van der Waals surface area contributed by atoms with Crippen molar-refractivity contribution in [3.8, 4) is 5.75 Å². The zero-order valence-corrected chi connectivity index (χ0v) is 9.61. The van der Waals surface area contributed by atoms with E-state index in [1.165, 1.54) is 5.56 Å². The largest absolute Gasteiger partial charge is 0.496 e. The summed E-state index contributed by atoms with van der Waals surface area (Å²) in [7, 11) is 1.69. The molecule has 0 spiro atoms. The number of carbonyl (C=O) groups excluding carboxylic acids is 1. The van der Waals surface area contributed by atoms with Crippen molar-refractivity contribution in [2.24, 2.45) is 0 Å². The molecule has 0 aliphatic carbocycles. The standard InChI is InChI=1S/C13H17NO2/c1-16-13-5-3-2-4-11(13)6-8-14-9-7-12(15)10-14/h2-5H,6-10H2,1H3. The van der Waals surface area contributed by atoms with Gasteiger partial charge in [0.1, 0.15) is 11.5 Å². The Bertz CT molecular complexity index is 376. The molecule has 1 heterocycles. The normalized spacial score (nSPS) is 16.7. The second-order valence-electron chi connectivity index (χ2n) is 4.13.